The zero-order valence-electron chi connectivity index (χ0n) is 10.5. The average Bonchev–Trinajstić information content (AvgIpc) is 2.22. The Kier molecular flexibility index (Phi) is 15.2. The molecule has 0 aromatic carbocycles. The average molecular weight is 357 g/mol. The van der Waals surface area contributed by atoms with Crippen LogP contribution in [0.25, 0.3) is 0 Å². The van der Waals surface area contributed by atoms with Crippen molar-refractivity contribution in [2.24, 2.45) is 10.9 Å². The third-order valence-electron chi connectivity index (χ3n) is 1.68. The summed E-state index contributed by atoms with van der Waals surface area (Å²) in [5.41, 5.74) is 0. The molecule has 0 aliphatic heterocycles. The van der Waals surface area contributed by atoms with E-state index >= 15 is 0 Å². The van der Waals surface area contributed by atoms with E-state index < -0.39 is 0 Å². The van der Waals surface area contributed by atoms with Gasteiger partial charge >= 0.3 is 0 Å². The van der Waals surface area contributed by atoms with Crippen molar-refractivity contribution in [2.75, 3.05) is 31.6 Å². The molecular formula is C11H24IN3S. The van der Waals surface area contributed by atoms with E-state index in [9.17, 15) is 0 Å². The van der Waals surface area contributed by atoms with Gasteiger partial charge in [0.2, 0.25) is 0 Å². The Balaban J connectivity index is 0. The second-order valence-corrected chi connectivity index (χ2v) is 4.79. The van der Waals surface area contributed by atoms with Gasteiger partial charge in [0.1, 0.15) is 0 Å². The Labute approximate surface area is 121 Å². The number of nitrogens with zero attached hydrogens (tertiary/aromatic N) is 1. The van der Waals surface area contributed by atoms with Crippen LogP contribution in [0.1, 0.15) is 13.8 Å². The van der Waals surface area contributed by atoms with Crippen molar-refractivity contribution >= 4 is 41.7 Å². The molecule has 0 aromatic rings. The molecule has 0 aromatic heterocycles. The van der Waals surface area contributed by atoms with Crippen molar-refractivity contribution in [1.29, 1.82) is 0 Å². The Morgan fingerprint density at radius 1 is 1.44 bits per heavy atom. The quantitative estimate of drug-likeness (QED) is 0.241. The number of aliphatic imine (C=N–C) groups is 1. The molecule has 0 heterocycles. The van der Waals surface area contributed by atoms with Crippen molar-refractivity contribution in [3.8, 4) is 0 Å². The first-order valence-electron chi connectivity index (χ1n) is 5.33. The lowest BCUT2D eigenvalue weighted by molar-refractivity contribution is 0.616. The zero-order valence-corrected chi connectivity index (χ0v) is 13.6. The Hall–Kier alpha value is 0.0900. The topological polar surface area (TPSA) is 36.4 Å². The van der Waals surface area contributed by atoms with Gasteiger partial charge in [0.15, 0.2) is 5.96 Å². The summed E-state index contributed by atoms with van der Waals surface area (Å²) < 4.78 is 0. The van der Waals surface area contributed by atoms with Crippen molar-refractivity contribution in [3.63, 3.8) is 0 Å². The molecule has 0 amide bonds. The number of guanidine groups is 1. The molecule has 0 radical (unpaired) electrons. The van der Waals surface area contributed by atoms with Gasteiger partial charge in [-0.25, -0.2) is 0 Å². The lowest BCUT2D eigenvalue weighted by Gasteiger charge is -2.12. The van der Waals surface area contributed by atoms with E-state index in [1.807, 2.05) is 17.8 Å². The van der Waals surface area contributed by atoms with Crippen LogP contribution in [0.3, 0.4) is 0 Å². The van der Waals surface area contributed by atoms with Crippen molar-refractivity contribution in [2.45, 2.75) is 13.8 Å². The second kappa shape index (κ2) is 13.2. The van der Waals surface area contributed by atoms with Crippen molar-refractivity contribution in [1.82, 2.24) is 10.6 Å². The first-order valence-corrected chi connectivity index (χ1v) is 6.49. The first-order chi connectivity index (χ1) is 7.20. The molecule has 96 valence electrons. The van der Waals surface area contributed by atoms with Crippen LogP contribution in [0, 0.1) is 5.92 Å². The van der Waals surface area contributed by atoms with Crippen LogP contribution in [-0.4, -0.2) is 37.6 Å². The summed E-state index contributed by atoms with van der Waals surface area (Å²) in [6, 6.07) is 0. The number of hydrogen-bond donors (Lipinski definition) is 2. The number of rotatable bonds is 7. The summed E-state index contributed by atoms with van der Waals surface area (Å²) >= 11 is 1.87. The van der Waals surface area contributed by atoms with Gasteiger partial charge in [-0.15, -0.1) is 30.6 Å². The molecule has 0 aliphatic rings. The van der Waals surface area contributed by atoms with Crippen LogP contribution in [0.4, 0.5) is 0 Å². The summed E-state index contributed by atoms with van der Waals surface area (Å²) in [5.74, 6) is 3.62. The molecule has 0 saturated carbocycles. The number of thioether (sulfide) groups is 1. The third-order valence-corrected chi connectivity index (χ3v) is 2.64. The molecule has 2 N–H and O–H groups in total. The number of halogens is 1. The largest absolute Gasteiger partial charge is 0.356 e. The summed E-state index contributed by atoms with van der Waals surface area (Å²) in [5, 5.41) is 6.54. The molecule has 0 fully saturated rings. The van der Waals surface area contributed by atoms with Crippen LogP contribution in [0.2, 0.25) is 0 Å². The third kappa shape index (κ3) is 12.2. The van der Waals surface area contributed by atoms with Crippen LogP contribution in [-0.2, 0) is 0 Å². The van der Waals surface area contributed by atoms with Gasteiger partial charge in [-0.2, -0.15) is 11.8 Å². The lowest BCUT2D eigenvalue weighted by atomic mass is 10.2. The van der Waals surface area contributed by atoms with E-state index in [1.165, 1.54) is 0 Å². The van der Waals surface area contributed by atoms with Crippen LogP contribution < -0.4 is 10.6 Å². The van der Waals surface area contributed by atoms with Gasteiger partial charge < -0.3 is 10.6 Å². The van der Waals surface area contributed by atoms with Gasteiger partial charge in [0.05, 0.1) is 0 Å². The minimum absolute atomic E-state index is 0. The fourth-order valence-electron chi connectivity index (χ4n) is 0.930. The van der Waals surface area contributed by atoms with Crippen LogP contribution in [0.15, 0.2) is 17.6 Å². The van der Waals surface area contributed by atoms with Gasteiger partial charge in [0, 0.05) is 31.6 Å². The van der Waals surface area contributed by atoms with E-state index in [0.717, 1.165) is 30.6 Å². The van der Waals surface area contributed by atoms with Gasteiger partial charge in [-0.1, -0.05) is 19.9 Å². The molecule has 0 rings (SSSR count). The normalized spacial score (nSPS) is 10.9. The molecule has 16 heavy (non-hydrogen) atoms. The van der Waals surface area contributed by atoms with Gasteiger partial charge in [0.25, 0.3) is 0 Å². The van der Waals surface area contributed by atoms with Gasteiger partial charge in [-0.3, -0.25) is 4.99 Å². The molecule has 0 atom stereocenters. The van der Waals surface area contributed by atoms with E-state index in [4.69, 9.17) is 0 Å². The summed E-state index contributed by atoms with van der Waals surface area (Å²) in [7, 11) is 1.80. The predicted molar refractivity (Wildman–Crippen MR) is 87.1 cm³/mol. The van der Waals surface area contributed by atoms with E-state index in [-0.39, 0.29) is 24.0 Å². The summed E-state index contributed by atoms with van der Waals surface area (Å²) in [6.45, 7) is 9.94. The molecular weight excluding hydrogens is 333 g/mol. The van der Waals surface area contributed by atoms with E-state index in [1.54, 1.807) is 7.05 Å². The number of nitrogens with one attached hydrogen (secondary N) is 2. The van der Waals surface area contributed by atoms with Crippen LogP contribution in [0.5, 0.6) is 0 Å². The standard InChI is InChI=1S/C11H23N3S.HI/c1-5-7-15-8-6-13-11(12-4)14-9-10(2)3;/h5,10H,1,6-9H2,2-4H3,(H2,12,13,14);1H. The molecule has 0 bridgehead atoms. The Morgan fingerprint density at radius 2 is 2.12 bits per heavy atom. The lowest BCUT2D eigenvalue weighted by Crippen LogP contribution is -2.40. The minimum Gasteiger partial charge on any atom is -0.356 e. The minimum atomic E-state index is 0. The Morgan fingerprint density at radius 3 is 2.62 bits per heavy atom. The highest BCUT2D eigenvalue weighted by Gasteiger charge is 1.97. The van der Waals surface area contributed by atoms with Crippen molar-refractivity contribution in [3.05, 3.63) is 12.7 Å². The molecule has 3 nitrogen and oxygen atoms in total. The summed E-state index contributed by atoms with van der Waals surface area (Å²) in [4.78, 5) is 4.14. The highest BCUT2D eigenvalue weighted by atomic mass is 127. The SMILES string of the molecule is C=CCSCCNC(=NC)NCC(C)C.I. The first kappa shape index (κ1) is 18.5. The number of hydrogen-bond acceptors (Lipinski definition) is 2. The fourth-order valence-corrected chi connectivity index (χ4v) is 1.51. The molecule has 0 aliphatic carbocycles. The second-order valence-electron chi connectivity index (χ2n) is 3.64. The predicted octanol–water partition coefficient (Wildman–Crippen LogP) is 2.34. The van der Waals surface area contributed by atoms with E-state index in [0.29, 0.717) is 5.92 Å². The van der Waals surface area contributed by atoms with Gasteiger partial charge in [-0.05, 0) is 5.92 Å². The van der Waals surface area contributed by atoms with Crippen molar-refractivity contribution < 1.29 is 0 Å². The fraction of sp³-hybridized carbons (Fsp3) is 0.727. The van der Waals surface area contributed by atoms with E-state index in [2.05, 4.69) is 36.1 Å². The molecule has 0 unspecified atom stereocenters. The van der Waals surface area contributed by atoms with Crippen LogP contribution >= 0.6 is 35.7 Å². The maximum absolute atomic E-state index is 4.14. The highest BCUT2D eigenvalue weighted by molar-refractivity contribution is 14.0. The smallest absolute Gasteiger partial charge is 0.191 e. The maximum atomic E-state index is 4.14. The summed E-state index contributed by atoms with van der Waals surface area (Å²) in [6.07, 6.45) is 1.93. The molecule has 5 heteroatoms. The zero-order chi connectivity index (χ0) is 11.5. The molecule has 0 saturated heterocycles. The highest BCUT2D eigenvalue weighted by Crippen LogP contribution is 1.96. The Bertz CT molecular complexity index is 196. The monoisotopic (exact) mass is 357 g/mol. The molecule has 0 spiro atoms. The maximum Gasteiger partial charge on any atom is 0.191 e.